The van der Waals surface area contributed by atoms with Crippen LogP contribution in [0.25, 0.3) is 0 Å². The van der Waals surface area contributed by atoms with Crippen molar-refractivity contribution in [3.63, 3.8) is 0 Å². The largest absolute Gasteiger partial charge is 0.345 e. The van der Waals surface area contributed by atoms with Crippen LogP contribution < -0.4 is 5.32 Å². The first-order valence-corrected chi connectivity index (χ1v) is 4.96. The van der Waals surface area contributed by atoms with Crippen molar-refractivity contribution in [1.82, 2.24) is 5.32 Å². The number of hydrogen-bond donors (Lipinski definition) is 1. The second-order valence-corrected chi connectivity index (χ2v) is 3.64. The summed E-state index contributed by atoms with van der Waals surface area (Å²) in [6.45, 7) is 1.86. The Labute approximate surface area is 91.8 Å². The fourth-order valence-electron chi connectivity index (χ4n) is 0.881. The Morgan fingerprint density at radius 3 is 3.00 bits per heavy atom. The van der Waals surface area contributed by atoms with Gasteiger partial charge >= 0.3 is 0 Å². The zero-order chi connectivity index (χ0) is 10.4. The first-order chi connectivity index (χ1) is 6.68. The van der Waals surface area contributed by atoms with Gasteiger partial charge in [-0.2, -0.15) is 0 Å². The molecule has 72 valence electrons. The number of halogens is 1. The summed E-state index contributed by atoms with van der Waals surface area (Å²) in [4.78, 5) is 10.5. The molecule has 1 aromatic carbocycles. The van der Waals surface area contributed by atoms with Gasteiger partial charge in [0.1, 0.15) is 0 Å². The van der Waals surface area contributed by atoms with Gasteiger partial charge in [0.25, 0.3) is 0 Å². The highest BCUT2D eigenvalue weighted by molar-refractivity contribution is 9.10. The van der Waals surface area contributed by atoms with E-state index in [-0.39, 0.29) is 5.91 Å². The van der Waals surface area contributed by atoms with Crippen LogP contribution in [0.3, 0.4) is 0 Å². The zero-order valence-corrected chi connectivity index (χ0v) is 9.39. The maximum atomic E-state index is 10.5. The third-order valence-electron chi connectivity index (χ3n) is 1.48. The van der Waals surface area contributed by atoms with Crippen LogP contribution >= 0.6 is 15.9 Å². The Morgan fingerprint density at radius 2 is 2.36 bits per heavy atom. The van der Waals surface area contributed by atoms with Crippen LogP contribution in [0.4, 0.5) is 0 Å². The van der Waals surface area contributed by atoms with Gasteiger partial charge in [0.05, 0.1) is 6.54 Å². The summed E-state index contributed by atoms with van der Waals surface area (Å²) in [5.74, 6) is 5.74. The Bertz CT molecular complexity index is 390. The molecule has 0 aliphatic heterocycles. The van der Waals surface area contributed by atoms with E-state index in [0.717, 1.165) is 10.0 Å². The van der Waals surface area contributed by atoms with Crippen molar-refractivity contribution in [2.24, 2.45) is 0 Å². The first kappa shape index (κ1) is 10.8. The summed E-state index contributed by atoms with van der Waals surface area (Å²) >= 11 is 3.36. The minimum atomic E-state index is -0.0615. The summed E-state index contributed by atoms with van der Waals surface area (Å²) in [7, 11) is 0. The predicted molar refractivity (Wildman–Crippen MR) is 59.7 cm³/mol. The molecular formula is C11H10BrNO. The second-order valence-electron chi connectivity index (χ2n) is 2.72. The van der Waals surface area contributed by atoms with E-state index in [1.807, 2.05) is 24.3 Å². The van der Waals surface area contributed by atoms with Crippen LogP contribution in [0.15, 0.2) is 28.7 Å². The normalized spacial score (nSPS) is 8.71. The molecule has 14 heavy (non-hydrogen) atoms. The highest BCUT2D eigenvalue weighted by atomic mass is 79.9. The SMILES string of the molecule is CC(=O)NCC#Cc1cccc(Br)c1. The molecule has 0 radical (unpaired) electrons. The van der Waals surface area contributed by atoms with Crippen molar-refractivity contribution in [2.45, 2.75) is 6.92 Å². The highest BCUT2D eigenvalue weighted by Crippen LogP contribution is 2.10. The lowest BCUT2D eigenvalue weighted by Crippen LogP contribution is -2.19. The van der Waals surface area contributed by atoms with Gasteiger partial charge in [-0.3, -0.25) is 4.79 Å². The van der Waals surface area contributed by atoms with Crippen molar-refractivity contribution in [3.05, 3.63) is 34.3 Å². The Hall–Kier alpha value is -1.27. The second kappa shape index (κ2) is 5.46. The van der Waals surface area contributed by atoms with E-state index in [9.17, 15) is 4.79 Å². The fourth-order valence-corrected chi connectivity index (χ4v) is 1.28. The molecule has 0 saturated heterocycles. The Morgan fingerprint density at radius 1 is 1.57 bits per heavy atom. The summed E-state index contributed by atoms with van der Waals surface area (Å²) in [6, 6.07) is 7.72. The maximum Gasteiger partial charge on any atom is 0.217 e. The zero-order valence-electron chi connectivity index (χ0n) is 7.80. The number of carbonyl (C=O) groups is 1. The van der Waals surface area contributed by atoms with Crippen molar-refractivity contribution >= 4 is 21.8 Å². The summed E-state index contributed by atoms with van der Waals surface area (Å²) in [5, 5.41) is 2.61. The van der Waals surface area contributed by atoms with E-state index in [2.05, 4.69) is 33.1 Å². The molecule has 0 heterocycles. The smallest absolute Gasteiger partial charge is 0.217 e. The molecule has 1 aromatic rings. The van der Waals surface area contributed by atoms with Crippen LogP contribution in [-0.4, -0.2) is 12.5 Å². The van der Waals surface area contributed by atoms with E-state index in [4.69, 9.17) is 0 Å². The maximum absolute atomic E-state index is 10.5. The number of amides is 1. The number of hydrogen-bond acceptors (Lipinski definition) is 1. The van der Waals surface area contributed by atoms with E-state index < -0.39 is 0 Å². The lowest BCUT2D eigenvalue weighted by Gasteiger charge is -1.92. The van der Waals surface area contributed by atoms with Crippen LogP contribution in [0, 0.1) is 11.8 Å². The molecule has 0 aliphatic rings. The minimum Gasteiger partial charge on any atom is -0.345 e. The van der Waals surface area contributed by atoms with Gasteiger partial charge in [0.15, 0.2) is 0 Å². The topological polar surface area (TPSA) is 29.1 Å². The van der Waals surface area contributed by atoms with Crippen LogP contribution in [0.5, 0.6) is 0 Å². The van der Waals surface area contributed by atoms with Gasteiger partial charge in [0, 0.05) is 17.0 Å². The van der Waals surface area contributed by atoms with E-state index in [1.165, 1.54) is 6.92 Å². The van der Waals surface area contributed by atoms with Crippen molar-refractivity contribution in [1.29, 1.82) is 0 Å². The predicted octanol–water partition coefficient (Wildman–Crippen LogP) is 1.94. The molecule has 0 bridgehead atoms. The Kier molecular flexibility index (Phi) is 4.21. The molecule has 0 aliphatic carbocycles. The number of rotatable bonds is 1. The van der Waals surface area contributed by atoms with Gasteiger partial charge in [0.2, 0.25) is 5.91 Å². The molecule has 2 nitrogen and oxygen atoms in total. The molecule has 0 atom stereocenters. The summed E-state index contributed by atoms with van der Waals surface area (Å²) < 4.78 is 1.00. The standard InChI is InChI=1S/C11H10BrNO/c1-9(14)13-7-3-5-10-4-2-6-11(12)8-10/h2,4,6,8H,7H2,1H3,(H,13,14). The average Bonchev–Trinajstić information content (AvgIpc) is 2.12. The highest BCUT2D eigenvalue weighted by Gasteiger charge is 1.88. The summed E-state index contributed by atoms with van der Waals surface area (Å²) in [5.41, 5.74) is 0.935. The molecule has 1 rings (SSSR count). The van der Waals surface area contributed by atoms with Gasteiger partial charge in [-0.15, -0.1) is 0 Å². The van der Waals surface area contributed by atoms with Crippen LogP contribution in [0.2, 0.25) is 0 Å². The van der Waals surface area contributed by atoms with Gasteiger partial charge in [-0.25, -0.2) is 0 Å². The quantitative estimate of drug-likeness (QED) is 0.760. The first-order valence-electron chi connectivity index (χ1n) is 4.17. The van der Waals surface area contributed by atoms with E-state index >= 15 is 0 Å². The molecule has 0 saturated carbocycles. The Balaban J connectivity index is 2.55. The van der Waals surface area contributed by atoms with Crippen molar-refractivity contribution in [3.8, 4) is 11.8 Å². The van der Waals surface area contributed by atoms with Crippen molar-refractivity contribution in [2.75, 3.05) is 6.54 Å². The molecular weight excluding hydrogens is 242 g/mol. The number of nitrogens with one attached hydrogen (secondary N) is 1. The van der Waals surface area contributed by atoms with Crippen molar-refractivity contribution < 1.29 is 4.79 Å². The molecule has 1 amide bonds. The third-order valence-corrected chi connectivity index (χ3v) is 1.98. The third kappa shape index (κ3) is 4.11. The molecule has 0 spiro atoms. The molecule has 0 unspecified atom stereocenters. The molecule has 3 heteroatoms. The minimum absolute atomic E-state index is 0.0615. The molecule has 0 aromatic heterocycles. The van der Waals surface area contributed by atoms with Crippen LogP contribution in [0.1, 0.15) is 12.5 Å². The van der Waals surface area contributed by atoms with E-state index in [1.54, 1.807) is 0 Å². The lowest BCUT2D eigenvalue weighted by atomic mass is 10.2. The van der Waals surface area contributed by atoms with Gasteiger partial charge in [-0.05, 0) is 18.2 Å². The lowest BCUT2D eigenvalue weighted by molar-refractivity contribution is -0.118. The summed E-state index contributed by atoms with van der Waals surface area (Å²) in [6.07, 6.45) is 0. The monoisotopic (exact) mass is 251 g/mol. The van der Waals surface area contributed by atoms with E-state index in [0.29, 0.717) is 6.54 Å². The van der Waals surface area contributed by atoms with Gasteiger partial charge in [-0.1, -0.05) is 33.8 Å². The van der Waals surface area contributed by atoms with Gasteiger partial charge < -0.3 is 5.32 Å². The molecule has 1 N–H and O–H groups in total. The fraction of sp³-hybridized carbons (Fsp3) is 0.182. The number of carbonyl (C=O) groups excluding carboxylic acids is 1. The van der Waals surface area contributed by atoms with Crippen LogP contribution in [-0.2, 0) is 4.79 Å². The number of benzene rings is 1. The molecule has 0 fully saturated rings. The average molecular weight is 252 g/mol.